The highest BCUT2D eigenvalue weighted by Gasteiger charge is 2.20. The summed E-state index contributed by atoms with van der Waals surface area (Å²) in [6.07, 6.45) is 5.54. The van der Waals surface area contributed by atoms with Gasteiger partial charge in [-0.15, -0.1) is 0 Å². The molecule has 1 rings (SSSR count). The van der Waals surface area contributed by atoms with Crippen LogP contribution < -0.4 is 10.6 Å². The molecule has 118 valence electrons. The van der Waals surface area contributed by atoms with E-state index >= 15 is 0 Å². The van der Waals surface area contributed by atoms with Gasteiger partial charge in [0.15, 0.2) is 9.84 Å². The Morgan fingerprint density at radius 2 is 1.95 bits per heavy atom. The summed E-state index contributed by atoms with van der Waals surface area (Å²) >= 11 is 0. The number of hydrogen-bond acceptors (Lipinski definition) is 3. The average molecular weight is 304 g/mol. The van der Waals surface area contributed by atoms with Crippen LogP contribution in [0.25, 0.3) is 0 Å². The van der Waals surface area contributed by atoms with Gasteiger partial charge in [-0.25, -0.2) is 13.2 Å². The molecule has 0 aromatic rings. The van der Waals surface area contributed by atoms with E-state index in [1.165, 1.54) is 6.42 Å². The molecular weight excluding hydrogens is 276 g/mol. The van der Waals surface area contributed by atoms with E-state index in [4.69, 9.17) is 0 Å². The first-order valence-corrected chi connectivity index (χ1v) is 9.42. The second kappa shape index (κ2) is 7.86. The zero-order chi connectivity index (χ0) is 15.2. The fraction of sp³-hybridized carbons (Fsp3) is 0.929. The van der Waals surface area contributed by atoms with Gasteiger partial charge in [-0.3, -0.25) is 0 Å². The largest absolute Gasteiger partial charge is 0.335 e. The molecule has 0 unspecified atom stereocenters. The summed E-state index contributed by atoms with van der Waals surface area (Å²) < 4.78 is 23.0. The molecule has 0 saturated heterocycles. The molecule has 0 heterocycles. The van der Waals surface area contributed by atoms with Gasteiger partial charge in [0.1, 0.15) is 0 Å². The Kier molecular flexibility index (Phi) is 6.79. The Labute approximate surface area is 122 Å². The lowest BCUT2D eigenvalue weighted by Gasteiger charge is -2.19. The van der Waals surface area contributed by atoms with Crippen molar-refractivity contribution in [2.24, 2.45) is 5.92 Å². The van der Waals surface area contributed by atoms with Gasteiger partial charge >= 0.3 is 6.03 Å². The lowest BCUT2D eigenvalue weighted by Crippen LogP contribution is -2.47. The summed E-state index contributed by atoms with van der Waals surface area (Å²) in [5.41, 5.74) is 0. The SMILES string of the molecule is CCS(=O)(=O)C[C@H](C)NC(=O)N[C@@H]1CCC[C@H](C)CC1. The molecule has 6 heteroatoms. The van der Waals surface area contributed by atoms with Crippen LogP contribution >= 0.6 is 0 Å². The minimum absolute atomic E-state index is 0.00137. The molecule has 2 amide bonds. The molecule has 0 radical (unpaired) electrons. The van der Waals surface area contributed by atoms with E-state index in [0.717, 1.165) is 31.6 Å². The lowest BCUT2D eigenvalue weighted by molar-refractivity contribution is 0.233. The van der Waals surface area contributed by atoms with Crippen LogP contribution in [0.5, 0.6) is 0 Å². The predicted molar refractivity (Wildman–Crippen MR) is 81.5 cm³/mol. The Hall–Kier alpha value is -0.780. The number of sulfone groups is 1. The molecule has 3 atom stereocenters. The normalized spacial score (nSPS) is 25.6. The summed E-state index contributed by atoms with van der Waals surface area (Å²) in [5.74, 6) is 0.846. The second-order valence-corrected chi connectivity index (χ2v) is 8.43. The highest BCUT2D eigenvalue weighted by Crippen LogP contribution is 2.22. The van der Waals surface area contributed by atoms with Gasteiger partial charge in [-0.2, -0.15) is 0 Å². The molecule has 1 aliphatic rings. The van der Waals surface area contributed by atoms with Gasteiger partial charge in [0.05, 0.1) is 5.75 Å². The number of carbonyl (C=O) groups is 1. The summed E-state index contributed by atoms with van der Waals surface area (Å²) in [5, 5.41) is 5.69. The zero-order valence-electron chi connectivity index (χ0n) is 12.8. The molecule has 0 aromatic carbocycles. The van der Waals surface area contributed by atoms with Crippen molar-refractivity contribution in [1.82, 2.24) is 10.6 Å². The Balaban J connectivity index is 2.35. The minimum atomic E-state index is -3.05. The highest BCUT2D eigenvalue weighted by atomic mass is 32.2. The van der Waals surface area contributed by atoms with E-state index in [9.17, 15) is 13.2 Å². The van der Waals surface area contributed by atoms with Crippen LogP contribution in [0.3, 0.4) is 0 Å². The molecule has 5 nitrogen and oxygen atoms in total. The topological polar surface area (TPSA) is 75.3 Å². The number of urea groups is 1. The average Bonchev–Trinajstić information content (AvgIpc) is 2.53. The Morgan fingerprint density at radius 3 is 2.60 bits per heavy atom. The molecule has 20 heavy (non-hydrogen) atoms. The summed E-state index contributed by atoms with van der Waals surface area (Å²) in [6, 6.07) is -0.386. The quantitative estimate of drug-likeness (QED) is 0.764. The molecule has 1 saturated carbocycles. The van der Waals surface area contributed by atoms with E-state index in [1.54, 1.807) is 13.8 Å². The predicted octanol–water partition coefficient (Wildman–Crippen LogP) is 2.08. The van der Waals surface area contributed by atoms with Crippen LogP contribution in [0.4, 0.5) is 4.79 Å². The third-order valence-electron chi connectivity index (χ3n) is 3.91. The van der Waals surface area contributed by atoms with Crippen molar-refractivity contribution in [2.75, 3.05) is 11.5 Å². The highest BCUT2D eigenvalue weighted by molar-refractivity contribution is 7.91. The van der Waals surface area contributed by atoms with Crippen LogP contribution in [-0.2, 0) is 9.84 Å². The first-order valence-electron chi connectivity index (χ1n) is 7.60. The van der Waals surface area contributed by atoms with Crippen molar-refractivity contribution >= 4 is 15.9 Å². The van der Waals surface area contributed by atoms with Gasteiger partial charge in [0, 0.05) is 17.8 Å². The van der Waals surface area contributed by atoms with E-state index in [-0.39, 0.29) is 29.6 Å². The monoisotopic (exact) mass is 304 g/mol. The maximum absolute atomic E-state index is 11.9. The van der Waals surface area contributed by atoms with Gasteiger partial charge in [0.25, 0.3) is 0 Å². The van der Waals surface area contributed by atoms with Crippen LogP contribution in [0.1, 0.15) is 52.9 Å². The van der Waals surface area contributed by atoms with Crippen LogP contribution in [0.2, 0.25) is 0 Å². The molecule has 0 bridgehead atoms. The lowest BCUT2D eigenvalue weighted by atomic mass is 10.0. The summed E-state index contributed by atoms with van der Waals surface area (Å²) in [4.78, 5) is 11.9. The smallest absolute Gasteiger partial charge is 0.315 e. The second-order valence-electron chi connectivity index (χ2n) is 6.03. The number of amides is 2. The van der Waals surface area contributed by atoms with E-state index in [0.29, 0.717) is 0 Å². The molecule has 0 spiro atoms. The first kappa shape index (κ1) is 17.3. The minimum Gasteiger partial charge on any atom is -0.335 e. The zero-order valence-corrected chi connectivity index (χ0v) is 13.6. The standard InChI is InChI=1S/C14H28N2O3S/c1-4-20(18,19)10-12(3)15-14(17)16-13-7-5-6-11(2)8-9-13/h11-13H,4-10H2,1-3H3,(H2,15,16,17)/t11-,12-,13+/m0/s1. The van der Waals surface area contributed by atoms with E-state index < -0.39 is 9.84 Å². The van der Waals surface area contributed by atoms with Gasteiger partial charge < -0.3 is 10.6 Å². The molecule has 2 N–H and O–H groups in total. The summed E-state index contributed by atoms with van der Waals surface area (Å²) in [6.45, 7) is 5.59. The van der Waals surface area contributed by atoms with E-state index in [1.807, 2.05) is 0 Å². The van der Waals surface area contributed by atoms with Gasteiger partial charge in [0.2, 0.25) is 0 Å². The van der Waals surface area contributed by atoms with Crippen molar-refractivity contribution in [3.05, 3.63) is 0 Å². The fourth-order valence-corrected chi connectivity index (χ4v) is 3.70. The van der Waals surface area contributed by atoms with Crippen LogP contribution in [-0.4, -0.2) is 38.0 Å². The molecular formula is C14H28N2O3S. The van der Waals surface area contributed by atoms with Crippen LogP contribution in [0, 0.1) is 5.92 Å². The molecule has 1 fully saturated rings. The maximum atomic E-state index is 11.9. The van der Waals surface area contributed by atoms with Crippen molar-refractivity contribution in [3.8, 4) is 0 Å². The van der Waals surface area contributed by atoms with Crippen molar-refractivity contribution < 1.29 is 13.2 Å². The fourth-order valence-electron chi connectivity index (χ4n) is 2.62. The van der Waals surface area contributed by atoms with Crippen molar-refractivity contribution in [1.29, 1.82) is 0 Å². The molecule has 0 aliphatic heterocycles. The van der Waals surface area contributed by atoms with Crippen molar-refractivity contribution in [3.63, 3.8) is 0 Å². The summed E-state index contributed by atoms with van der Waals surface area (Å²) in [7, 11) is -3.05. The Morgan fingerprint density at radius 1 is 1.25 bits per heavy atom. The van der Waals surface area contributed by atoms with E-state index in [2.05, 4.69) is 17.6 Å². The number of carbonyl (C=O) groups excluding carboxylic acids is 1. The molecule has 1 aliphatic carbocycles. The van der Waals surface area contributed by atoms with Crippen LogP contribution in [0.15, 0.2) is 0 Å². The maximum Gasteiger partial charge on any atom is 0.315 e. The molecule has 0 aromatic heterocycles. The van der Waals surface area contributed by atoms with Gasteiger partial charge in [-0.05, 0) is 32.1 Å². The number of hydrogen-bond donors (Lipinski definition) is 2. The third kappa shape index (κ3) is 6.59. The Bertz CT molecular complexity index is 409. The number of rotatable bonds is 5. The van der Waals surface area contributed by atoms with Gasteiger partial charge in [-0.1, -0.05) is 26.7 Å². The first-order chi connectivity index (χ1) is 9.32. The third-order valence-corrected chi connectivity index (χ3v) is 5.80. The number of nitrogens with one attached hydrogen (secondary N) is 2. The van der Waals surface area contributed by atoms with Crippen molar-refractivity contribution in [2.45, 2.75) is 65.0 Å².